The van der Waals surface area contributed by atoms with Gasteiger partial charge in [-0.15, -0.1) is 0 Å². The summed E-state index contributed by atoms with van der Waals surface area (Å²) in [6.45, 7) is 1.33. The molecule has 1 nitrogen and oxygen atoms in total. The van der Waals surface area contributed by atoms with Crippen molar-refractivity contribution in [2.45, 2.75) is 44.6 Å². The van der Waals surface area contributed by atoms with Gasteiger partial charge in [-0.3, -0.25) is 0 Å². The van der Waals surface area contributed by atoms with Gasteiger partial charge in [0.05, 0.1) is 0 Å². The van der Waals surface area contributed by atoms with E-state index in [1.165, 1.54) is 45.1 Å². The van der Waals surface area contributed by atoms with Gasteiger partial charge in [-0.1, -0.05) is 6.08 Å². The van der Waals surface area contributed by atoms with Gasteiger partial charge in [0, 0.05) is 12.6 Å². The van der Waals surface area contributed by atoms with E-state index in [1.807, 2.05) is 0 Å². The van der Waals surface area contributed by atoms with Gasteiger partial charge in [0.25, 0.3) is 0 Å². The predicted molar refractivity (Wildman–Crippen MR) is 54.3 cm³/mol. The number of hydrogen-bond acceptors (Lipinski definition) is 1. The smallest absolute Gasteiger partial charge is 0.0340 e. The summed E-state index contributed by atoms with van der Waals surface area (Å²) in [4.78, 5) is 2.65. The topological polar surface area (TPSA) is 3.24 Å². The van der Waals surface area contributed by atoms with Gasteiger partial charge in [0.1, 0.15) is 0 Å². The average molecular weight is 177 g/mol. The van der Waals surface area contributed by atoms with Crippen molar-refractivity contribution in [2.24, 2.45) is 11.8 Å². The fraction of sp³-hybridized carbons (Fsp3) is 0.833. The van der Waals surface area contributed by atoms with Crippen molar-refractivity contribution >= 4 is 0 Å². The van der Waals surface area contributed by atoms with Crippen molar-refractivity contribution in [2.75, 3.05) is 6.54 Å². The minimum Gasteiger partial charge on any atom is -0.374 e. The number of nitrogens with zero attached hydrogens (tertiary/aromatic N) is 1. The van der Waals surface area contributed by atoms with Crippen LogP contribution in [0.1, 0.15) is 38.5 Å². The molecule has 1 heteroatoms. The zero-order valence-corrected chi connectivity index (χ0v) is 8.28. The molecule has 2 bridgehead atoms. The second-order valence-electron chi connectivity index (χ2n) is 4.93. The first-order chi connectivity index (χ1) is 6.45. The molecular formula is C12H19N. The van der Waals surface area contributed by atoms with Crippen molar-refractivity contribution in [3.05, 3.63) is 12.3 Å². The largest absolute Gasteiger partial charge is 0.374 e. The van der Waals surface area contributed by atoms with Crippen LogP contribution in [-0.4, -0.2) is 17.5 Å². The van der Waals surface area contributed by atoms with Crippen LogP contribution in [0.5, 0.6) is 0 Å². The van der Waals surface area contributed by atoms with Crippen LogP contribution in [0.3, 0.4) is 0 Å². The Bertz CT molecular complexity index is 201. The minimum atomic E-state index is 0.941. The van der Waals surface area contributed by atoms with E-state index in [4.69, 9.17) is 0 Å². The Morgan fingerprint density at radius 2 is 1.69 bits per heavy atom. The van der Waals surface area contributed by atoms with E-state index < -0.39 is 0 Å². The maximum atomic E-state index is 2.65. The van der Waals surface area contributed by atoms with Gasteiger partial charge in [0.15, 0.2) is 0 Å². The summed E-state index contributed by atoms with van der Waals surface area (Å²) < 4.78 is 0. The van der Waals surface area contributed by atoms with E-state index in [0.717, 1.165) is 17.9 Å². The molecule has 1 aliphatic heterocycles. The lowest BCUT2D eigenvalue weighted by Crippen LogP contribution is -2.36. The second-order valence-corrected chi connectivity index (χ2v) is 4.93. The summed E-state index contributed by atoms with van der Waals surface area (Å²) in [5.41, 5.74) is 0. The number of hydrogen-bond donors (Lipinski definition) is 0. The molecule has 0 aromatic rings. The van der Waals surface area contributed by atoms with Crippen molar-refractivity contribution < 1.29 is 0 Å². The monoisotopic (exact) mass is 177 g/mol. The van der Waals surface area contributed by atoms with Crippen LogP contribution >= 0.6 is 0 Å². The fourth-order valence-electron chi connectivity index (χ4n) is 3.68. The molecule has 3 rings (SSSR count). The van der Waals surface area contributed by atoms with E-state index in [9.17, 15) is 0 Å². The van der Waals surface area contributed by atoms with Crippen molar-refractivity contribution in [3.8, 4) is 0 Å². The first-order valence-electron chi connectivity index (χ1n) is 5.87. The molecule has 0 aromatic carbocycles. The van der Waals surface area contributed by atoms with E-state index >= 15 is 0 Å². The van der Waals surface area contributed by atoms with Gasteiger partial charge in [-0.2, -0.15) is 0 Å². The Labute approximate surface area is 80.8 Å². The molecule has 0 unspecified atom stereocenters. The fourth-order valence-corrected chi connectivity index (χ4v) is 3.68. The van der Waals surface area contributed by atoms with E-state index in [1.54, 1.807) is 0 Å². The zero-order valence-electron chi connectivity index (χ0n) is 8.28. The molecular weight excluding hydrogens is 158 g/mol. The third kappa shape index (κ3) is 1.20. The average Bonchev–Trinajstić information content (AvgIpc) is 2.78. The molecule has 2 fully saturated rings. The summed E-state index contributed by atoms with van der Waals surface area (Å²) in [7, 11) is 0. The SMILES string of the molecule is C1=CN(C2C3CCC2CC3)CCC1. The van der Waals surface area contributed by atoms with Crippen molar-refractivity contribution in [1.82, 2.24) is 4.90 Å². The van der Waals surface area contributed by atoms with Gasteiger partial charge >= 0.3 is 0 Å². The molecule has 0 aromatic heterocycles. The lowest BCUT2D eigenvalue weighted by Gasteiger charge is -2.33. The molecule has 72 valence electrons. The summed E-state index contributed by atoms with van der Waals surface area (Å²) in [5, 5.41) is 0. The Morgan fingerprint density at radius 3 is 2.23 bits per heavy atom. The van der Waals surface area contributed by atoms with Crippen LogP contribution in [0.15, 0.2) is 12.3 Å². The normalized spacial score (nSPS) is 43.1. The van der Waals surface area contributed by atoms with Gasteiger partial charge < -0.3 is 4.90 Å². The van der Waals surface area contributed by atoms with E-state index in [2.05, 4.69) is 17.2 Å². The number of fused-ring (bicyclic) bond motifs is 2. The van der Waals surface area contributed by atoms with Crippen LogP contribution in [0, 0.1) is 11.8 Å². The number of rotatable bonds is 1. The summed E-state index contributed by atoms with van der Waals surface area (Å²) in [5.74, 6) is 2.10. The Kier molecular flexibility index (Phi) is 1.85. The van der Waals surface area contributed by atoms with Crippen LogP contribution in [0.2, 0.25) is 0 Å². The standard InChI is InChI=1S/C12H19N/c1-2-8-13(9-3-1)12-10-4-5-11(12)7-6-10/h2,8,10-12H,1,3-7,9H2. The first-order valence-corrected chi connectivity index (χ1v) is 5.87. The van der Waals surface area contributed by atoms with Gasteiger partial charge in [0.2, 0.25) is 0 Å². The van der Waals surface area contributed by atoms with Crippen LogP contribution in [-0.2, 0) is 0 Å². The van der Waals surface area contributed by atoms with E-state index in [0.29, 0.717) is 0 Å². The maximum absolute atomic E-state index is 2.65. The Morgan fingerprint density at radius 1 is 1.00 bits per heavy atom. The highest BCUT2D eigenvalue weighted by Crippen LogP contribution is 2.47. The maximum Gasteiger partial charge on any atom is 0.0340 e. The van der Waals surface area contributed by atoms with E-state index in [-0.39, 0.29) is 0 Å². The highest BCUT2D eigenvalue weighted by atomic mass is 15.2. The molecule has 3 aliphatic rings. The molecule has 13 heavy (non-hydrogen) atoms. The second kappa shape index (κ2) is 3.04. The van der Waals surface area contributed by atoms with Crippen molar-refractivity contribution in [3.63, 3.8) is 0 Å². The third-order valence-corrected chi connectivity index (χ3v) is 4.25. The van der Waals surface area contributed by atoms with Gasteiger partial charge in [-0.05, 0) is 56.6 Å². The lowest BCUT2D eigenvalue weighted by molar-refractivity contribution is 0.213. The molecule has 1 heterocycles. The minimum absolute atomic E-state index is 0.941. The summed E-state index contributed by atoms with van der Waals surface area (Å²) in [6, 6.07) is 0.941. The first kappa shape index (κ1) is 7.90. The highest BCUT2D eigenvalue weighted by molar-refractivity contribution is 5.02. The van der Waals surface area contributed by atoms with Crippen LogP contribution < -0.4 is 0 Å². The molecule has 0 saturated heterocycles. The quantitative estimate of drug-likeness (QED) is 0.595. The molecule has 2 aliphatic carbocycles. The summed E-state index contributed by atoms with van der Waals surface area (Å²) in [6.07, 6.45) is 13.5. The van der Waals surface area contributed by atoms with Gasteiger partial charge in [-0.25, -0.2) is 0 Å². The molecule has 0 spiro atoms. The zero-order chi connectivity index (χ0) is 8.67. The van der Waals surface area contributed by atoms with Crippen LogP contribution in [0.25, 0.3) is 0 Å². The molecule has 0 N–H and O–H groups in total. The summed E-state index contributed by atoms with van der Waals surface area (Å²) >= 11 is 0. The number of allylic oxidation sites excluding steroid dienone is 1. The Balaban J connectivity index is 1.77. The Hall–Kier alpha value is -0.460. The molecule has 0 amide bonds. The predicted octanol–water partition coefficient (Wildman–Crippen LogP) is 2.78. The molecule has 2 saturated carbocycles. The third-order valence-electron chi connectivity index (χ3n) is 4.25. The van der Waals surface area contributed by atoms with Crippen LogP contribution in [0.4, 0.5) is 0 Å². The molecule has 0 radical (unpaired) electrons. The van der Waals surface area contributed by atoms with Crippen molar-refractivity contribution in [1.29, 1.82) is 0 Å². The molecule has 0 atom stereocenters. The lowest BCUT2D eigenvalue weighted by atomic mass is 10.0. The highest BCUT2D eigenvalue weighted by Gasteiger charge is 2.43.